The minimum Gasteiger partial charge on any atom is -0.404 e. The Balaban J connectivity index is 1.49. The molecule has 7 nitrogen and oxygen atoms in total. The van der Waals surface area contributed by atoms with Crippen LogP contribution in [0.4, 0.5) is 5.82 Å². The topological polar surface area (TPSA) is 91.4 Å². The summed E-state index contributed by atoms with van der Waals surface area (Å²) in [6.45, 7) is 8.64. The summed E-state index contributed by atoms with van der Waals surface area (Å²) in [4.78, 5) is 16.9. The van der Waals surface area contributed by atoms with E-state index in [2.05, 4.69) is 79.6 Å². The zero-order valence-electron chi connectivity index (χ0n) is 21.9. The van der Waals surface area contributed by atoms with Gasteiger partial charge in [0.2, 0.25) is 0 Å². The summed E-state index contributed by atoms with van der Waals surface area (Å²) in [5, 5.41) is 5.56. The van der Waals surface area contributed by atoms with E-state index in [0.717, 1.165) is 19.4 Å². The predicted octanol–water partition coefficient (Wildman–Crippen LogP) is 3.56. The van der Waals surface area contributed by atoms with Crippen LogP contribution in [0, 0.1) is 0 Å². The first-order chi connectivity index (χ1) is 17.8. The molecule has 3 aromatic rings. The highest BCUT2D eigenvalue weighted by Gasteiger charge is 2.50. The molecule has 0 bridgehead atoms. The number of aromatic nitrogens is 2. The van der Waals surface area contributed by atoms with Crippen molar-refractivity contribution in [3.63, 3.8) is 0 Å². The molecule has 0 spiro atoms. The first-order valence-corrected chi connectivity index (χ1v) is 15.9. The van der Waals surface area contributed by atoms with Gasteiger partial charge >= 0.3 is 5.69 Å². The smallest absolute Gasteiger partial charge is 0.351 e. The van der Waals surface area contributed by atoms with Crippen LogP contribution in [-0.2, 0) is 9.16 Å². The van der Waals surface area contributed by atoms with Crippen LogP contribution < -0.4 is 27.1 Å². The van der Waals surface area contributed by atoms with Crippen LogP contribution in [0.1, 0.15) is 39.8 Å². The standard InChI is InChI=1S/C28H38N4O3SSi/c1-28(2,3)37(22-12-6-4-7-13-22,23-14-8-5-9-15-23)34-20-26-35-25(21-36-26)32-19-16-24(31-27(32)33)30-18-11-10-17-29/h4-9,12-16,19,25-26H,10-11,17-18,20-21,29H2,1-3H3,(H,30,31,33)/t25-,26+/m1/s1. The molecule has 198 valence electrons. The predicted molar refractivity (Wildman–Crippen MR) is 155 cm³/mol. The maximum absolute atomic E-state index is 12.7. The average molecular weight is 539 g/mol. The van der Waals surface area contributed by atoms with Crippen molar-refractivity contribution in [1.29, 1.82) is 0 Å². The number of thioether (sulfide) groups is 1. The van der Waals surface area contributed by atoms with Crippen LogP contribution in [0.3, 0.4) is 0 Å². The molecule has 2 heterocycles. The second-order valence-corrected chi connectivity index (χ2v) is 15.8. The van der Waals surface area contributed by atoms with Gasteiger partial charge in [-0.3, -0.25) is 4.57 Å². The summed E-state index contributed by atoms with van der Waals surface area (Å²) < 4.78 is 14.9. The molecule has 9 heteroatoms. The Kier molecular flexibility index (Phi) is 9.25. The monoisotopic (exact) mass is 538 g/mol. The van der Waals surface area contributed by atoms with Crippen molar-refractivity contribution in [1.82, 2.24) is 9.55 Å². The number of hydrogen-bond acceptors (Lipinski definition) is 7. The maximum atomic E-state index is 12.7. The molecule has 0 saturated carbocycles. The largest absolute Gasteiger partial charge is 0.404 e. The summed E-state index contributed by atoms with van der Waals surface area (Å²) in [7, 11) is -2.65. The minimum absolute atomic E-state index is 0.105. The lowest BCUT2D eigenvalue weighted by atomic mass is 10.2. The van der Waals surface area contributed by atoms with Gasteiger partial charge in [0.15, 0.2) is 0 Å². The normalized spacial score (nSPS) is 18.2. The van der Waals surface area contributed by atoms with Gasteiger partial charge in [-0.05, 0) is 40.9 Å². The van der Waals surface area contributed by atoms with Crippen LogP contribution in [0.2, 0.25) is 5.04 Å². The number of nitrogens with one attached hydrogen (secondary N) is 1. The molecule has 0 radical (unpaired) electrons. The molecular formula is C28H38N4O3SSi. The molecule has 1 aliphatic heterocycles. The fraction of sp³-hybridized carbons (Fsp3) is 0.429. The Labute approximate surface area is 224 Å². The van der Waals surface area contributed by atoms with E-state index in [1.54, 1.807) is 22.5 Å². The molecule has 2 atom stereocenters. The molecule has 1 aromatic heterocycles. The Morgan fingerprint density at radius 1 is 1.08 bits per heavy atom. The summed E-state index contributed by atoms with van der Waals surface area (Å²) in [6, 6.07) is 23.0. The lowest BCUT2D eigenvalue weighted by Gasteiger charge is -2.43. The van der Waals surface area contributed by atoms with E-state index in [4.69, 9.17) is 14.9 Å². The fourth-order valence-electron chi connectivity index (χ4n) is 4.85. The number of anilines is 1. The van der Waals surface area contributed by atoms with Gasteiger partial charge in [0, 0.05) is 18.5 Å². The first-order valence-electron chi connectivity index (χ1n) is 12.9. The molecule has 1 saturated heterocycles. The van der Waals surface area contributed by atoms with Crippen LogP contribution in [0.15, 0.2) is 77.7 Å². The maximum Gasteiger partial charge on any atom is 0.351 e. The Morgan fingerprint density at radius 2 is 1.73 bits per heavy atom. The number of benzene rings is 2. The van der Waals surface area contributed by atoms with Gasteiger partial charge < -0.3 is 20.2 Å². The van der Waals surface area contributed by atoms with Crippen LogP contribution in [0.5, 0.6) is 0 Å². The molecule has 37 heavy (non-hydrogen) atoms. The summed E-state index contributed by atoms with van der Waals surface area (Å²) in [6.07, 6.45) is 3.27. The van der Waals surface area contributed by atoms with Gasteiger partial charge in [-0.2, -0.15) is 4.98 Å². The number of rotatable bonds is 11. The van der Waals surface area contributed by atoms with Crippen molar-refractivity contribution in [3.8, 4) is 0 Å². The molecule has 2 aromatic carbocycles. The Morgan fingerprint density at radius 3 is 2.30 bits per heavy atom. The highest BCUT2D eigenvalue weighted by atomic mass is 32.2. The summed E-state index contributed by atoms with van der Waals surface area (Å²) in [5.74, 6) is 1.25. The molecule has 1 aliphatic rings. The SMILES string of the molecule is CC(C)(C)[Si](OC[C@H]1O[C@@H](n2ccc(NCCCCN)nc2=O)CS1)(c1ccccc1)c1ccccc1. The van der Waals surface area contributed by atoms with E-state index in [9.17, 15) is 4.79 Å². The lowest BCUT2D eigenvalue weighted by Crippen LogP contribution is -2.67. The zero-order valence-corrected chi connectivity index (χ0v) is 23.7. The number of ether oxygens (including phenoxy) is 1. The van der Waals surface area contributed by atoms with Crippen molar-refractivity contribution < 1.29 is 9.16 Å². The average Bonchev–Trinajstić information content (AvgIpc) is 3.36. The minimum atomic E-state index is -2.65. The van der Waals surface area contributed by atoms with E-state index < -0.39 is 8.32 Å². The number of nitrogens with zero attached hydrogens (tertiary/aromatic N) is 2. The van der Waals surface area contributed by atoms with Gasteiger partial charge in [0.25, 0.3) is 8.32 Å². The quantitative estimate of drug-likeness (QED) is 0.285. The van der Waals surface area contributed by atoms with Crippen LogP contribution >= 0.6 is 11.8 Å². The summed E-state index contributed by atoms with van der Waals surface area (Å²) in [5.41, 5.74) is 5.05. The van der Waals surface area contributed by atoms with Crippen molar-refractivity contribution in [2.75, 3.05) is 30.8 Å². The third kappa shape index (κ3) is 6.35. The van der Waals surface area contributed by atoms with Crippen LogP contribution in [-0.4, -0.2) is 48.8 Å². The van der Waals surface area contributed by atoms with E-state index >= 15 is 0 Å². The first kappa shape index (κ1) is 27.6. The van der Waals surface area contributed by atoms with E-state index in [1.165, 1.54) is 10.4 Å². The van der Waals surface area contributed by atoms with Crippen molar-refractivity contribution in [2.24, 2.45) is 5.73 Å². The Bertz CT molecular complexity index is 1150. The third-order valence-electron chi connectivity index (χ3n) is 6.66. The summed E-state index contributed by atoms with van der Waals surface area (Å²) >= 11 is 1.68. The van der Waals surface area contributed by atoms with E-state index in [1.807, 2.05) is 18.2 Å². The van der Waals surface area contributed by atoms with E-state index in [0.29, 0.717) is 24.7 Å². The second kappa shape index (κ2) is 12.4. The molecule has 0 aliphatic carbocycles. The number of nitrogens with two attached hydrogens (primary N) is 1. The number of hydrogen-bond donors (Lipinski definition) is 2. The molecule has 4 rings (SSSR count). The molecule has 0 unspecified atom stereocenters. The van der Waals surface area contributed by atoms with Crippen molar-refractivity contribution in [2.45, 2.75) is 50.3 Å². The highest BCUT2D eigenvalue weighted by molar-refractivity contribution is 8.00. The van der Waals surface area contributed by atoms with Crippen molar-refractivity contribution in [3.05, 3.63) is 83.4 Å². The zero-order chi connectivity index (χ0) is 26.3. The van der Waals surface area contributed by atoms with Gasteiger partial charge in [-0.25, -0.2) is 4.79 Å². The van der Waals surface area contributed by atoms with E-state index in [-0.39, 0.29) is 22.4 Å². The van der Waals surface area contributed by atoms with Gasteiger partial charge in [0.05, 0.1) is 6.61 Å². The molecule has 1 fully saturated rings. The fourth-order valence-corrected chi connectivity index (χ4v) is 10.5. The Hall–Kier alpha value is -2.43. The van der Waals surface area contributed by atoms with Crippen LogP contribution in [0.25, 0.3) is 0 Å². The van der Waals surface area contributed by atoms with Gasteiger partial charge in [-0.15, -0.1) is 11.8 Å². The molecular weight excluding hydrogens is 500 g/mol. The molecule has 3 N–H and O–H groups in total. The van der Waals surface area contributed by atoms with Gasteiger partial charge in [-0.1, -0.05) is 81.4 Å². The lowest BCUT2D eigenvalue weighted by molar-refractivity contribution is -0.00349. The third-order valence-corrected chi connectivity index (χ3v) is 12.8. The van der Waals surface area contributed by atoms with Crippen molar-refractivity contribution >= 4 is 36.3 Å². The number of unbranched alkanes of at least 4 members (excludes halogenated alkanes) is 1. The van der Waals surface area contributed by atoms with Gasteiger partial charge in [0.1, 0.15) is 17.5 Å². The second-order valence-electron chi connectivity index (χ2n) is 10.3. The molecule has 0 amide bonds. The highest BCUT2D eigenvalue weighted by Crippen LogP contribution is 2.38.